The molecule has 0 unspecified atom stereocenters. The van der Waals surface area contributed by atoms with Gasteiger partial charge in [0.2, 0.25) is 0 Å². The van der Waals surface area contributed by atoms with E-state index in [-0.39, 0.29) is 42.1 Å². The second-order valence-corrected chi connectivity index (χ2v) is 11.2. The number of benzene rings is 5. The molecule has 0 amide bonds. The van der Waals surface area contributed by atoms with Gasteiger partial charge in [0.1, 0.15) is 23.0 Å². The first-order valence-electron chi connectivity index (χ1n) is 14.6. The van der Waals surface area contributed by atoms with Crippen molar-refractivity contribution in [1.82, 2.24) is 0 Å². The lowest BCUT2D eigenvalue weighted by atomic mass is 9.91. The van der Waals surface area contributed by atoms with Crippen molar-refractivity contribution in [2.45, 2.75) is 25.7 Å². The highest BCUT2D eigenvalue weighted by molar-refractivity contribution is 5.93. The minimum atomic E-state index is -1.02. The van der Waals surface area contributed by atoms with Crippen LogP contribution in [-0.2, 0) is 25.7 Å². The van der Waals surface area contributed by atoms with E-state index in [1.807, 2.05) is 30.3 Å². The zero-order valence-corrected chi connectivity index (χ0v) is 25.1. The van der Waals surface area contributed by atoms with E-state index in [2.05, 4.69) is 0 Å². The summed E-state index contributed by atoms with van der Waals surface area (Å²) in [6.07, 6.45) is 0.981. The molecule has 0 fully saturated rings. The number of phenols is 2. The van der Waals surface area contributed by atoms with Gasteiger partial charge in [0.15, 0.2) is 0 Å². The van der Waals surface area contributed by atoms with Gasteiger partial charge >= 0.3 is 5.97 Å². The van der Waals surface area contributed by atoms with Crippen molar-refractivity contribution >= 4 is 17.3 Å². The number of nitro groups is 2. The zero-order chi connectivity index (χ0) is 33.2. The van der Waals surface area contributed by atoms with Crippen LogP contribution >= 0.6 is 0 Å². The van der Waals surface area contributed by atoms with Gasteiger partial charge in [-0.1, -0.05) is 72.8 Å². The standard InChI is InChI=1S/C36H28N2O9/c1-46-34-25-10-4-11-26(34)17-28-13-5-12-27(35(28)47-36(41)29-18-30(37(42)43)20-31(19-29)38(44)45)16-24-9-3-7-22(33(24)40)14-21-6-2-8-23(15-25)32(21)39/h2-13,18-20,39-40H,14-17H2,1H3. The molecule has 2 N–H and O–H groups in total. The molecule has 0 saturated heterocycles. The van der Waals surface area contributed by atoms with Gasteiger partial charge in [-0.3, -0.25) is 20.2 Å². The Kier molecular flexibility index (Phi) is 8.28. The Labute approximate surface area is 268 Å². The minimum absolute atomic E-state index is 0.0216. The fourth-order valence-corrected chi connectivity index (χ4v) is 5.98. The first-order chi connectivity index (χ1) is 22.6. The van der Waals surface area contributed by atoms with E-state index in [0.717, 1.165) is 29.3 Å². The third-order valence-electron chi connectivity index (χ3n) is 8.24. The molecular formula is C36H28N2O9. The number of phenolic OH excluding ortho intramolecular Hbond substituents is 2. The summed E-state index contributed by atoms with van der Waals surface area (Å²) in [7, 11) is 1.55. The van der Waals surface area contributed by atoms with E-state index < -0.39 is 27.2 Å². The minimum Gasteiger partial charge on any atom is -0.507 e. The Morgan fingerprint density at radius 3 is 1.32 bits per heavy atom. The maximum atomic E-state index is 13.6. The summed E-state index contributed by atoms with van der Waals surface area (Å²) in [6.45, 7) is 0. The van der Waals surface area contributed by atoms with Crippen molar-refractivity contribution < 1.29 is 34.3 Å². The first-order valence-corrected chi connectivity index (χ1v) is 14.6. The van der Waals surface area contributed by atoms with Gasteiger partial charge < -0.3 is 19.7 Å². The van der Waals surface area contributed by atoms with Gasteiger partial charge in [0.25, 0.3) is 11.4 Å². The largest absolute Gasteiger partial charge is 0.507 e. The number of fused-ring (bicyclic) bond motifs is 8. The first kappa shape index (κ1) is 30.8. The van der Waals surface area contributed by atoms with Crippen LogP contribution in [0.1, 0.15) is 54.9 Å². The van der Waals surface area contributed by atoms with Crippen LogP contribution in [0, 0.1) is 20.2 Å². The van der Waals surface area contributed by atoms with Crippen molar-refractivity contribution in [1.29, 1.82) is 0 Å². The number of nitro benzene ring substituents is 2. The van der Waals surface area contributed by atoms with Gasteiger partial charge in [-0.05, 0) is 44.5 Å². The quantitative estimate of drug-likeness (QED) is 0.0899. The van der Waals surface area contributed by atoms with Gasteiger partial charge in [0, 0.05) is 37.8 Å². The highest BCUT2D eigenvalue weighted by Gasteiger charge is 2.25. The van der Waals surface area contributed by atoms with Crippen molar-refractivity contribution in [2.24, 2.45) is 0 Å². The van der Waals surface area contributed by atoms with Crippen LogP contribution in [0.5, 0.6) is 23.0 Å². The summed E-state index contributed by atoms with van der Waals surface area (Å²) in [5.74, 6) is -0.124. The summed E-state index contributed by atoms with van der Waals surface area (Å²) < 4.78 is 11.8. The van der Waals surface area contributed by atoms with Crippen molar-refractivity contribution in [3.8, 4) is 23.0 Å². The number of aromatic hydroxyl groups is 2. The number of hydrogen-bond acceptors (Lipinski definition) is 9. The molecule has 0 radical (unpaired) electrons. The number of ether oxygens (including phenoxy) is 2. The molecule has 0 aromatic heterocycles. The van der Waals surface area contributed by atoms with Gasteiger partial charge in [-0.2, -0.15) is 0 Å². The lowest BCUT2D eigenvalue weighted by molar-refractivity contribution is -0.394. The van der Waals surface area contributed by atoms with Crippen LogP contribution in [0.4, 0.5) is 11.4 Å². The van der Waals surface area contributed by atoms with E-state index in [4.69, 9.17) is 9.47 Å². The molecule has 236 valence electrons. The number of methoxy groups -OCH3 is 1. The zero-order valence-electron chi connectivity index (χ0n) is 25.1. The molecule has 47 heavy (non-hydrogen) atoms. The molecule has 11 nitrogen and oxygen atoms in total. The summed E-state index contributed by atoms with van der Waals surface area (Å²) in [6, 6.07) is 24.4. The number of carbonyl (C=O) groups excluding carboxylic acids is 1. The number of para-hydroxylation sites is 4. The second-order valence-electron chi connectivity index (χ2n) is 11.2. The Bertz CT molecular complexity index is 2040. The summed E-state index contributed by atoms with van der Waals surface area (Å²) >= 11 is 0. The van der Waals surface area contributed by atoms with E-state index in [9.17, 15) is 35.2 Å². The lowest BCUT2D eigenvalue weighted by Crippen LogP contribution is -2.13. The number of nitrogens with zero attached hydrogens (tertiary/aromatic N) is 2. The summed E-state index contributed by atoms with van der Waals surface area (Å²) in [5.41, 5.74) is 3.49. The Morgan fingerprint density at radius 2 is 0.936 bits per heavy atom. The predicted octanol–water partition coefficient (Wildman–Crippen LogP) is 6.82. The molecule has 0 spiro atoms. The van der Waals surface area contributed by atoms with Gasteiger partial charge in [-0.25, -0.2) is 4.79 Å². The number of carbonyl (C=O) groups is 1. The number of esters is 1. The normalized spacial score (nSPS) is 12.2. The molecule has 1 aliphatic carbocycles. The molecule has 6 rings (SSSR count). The number of rotatable bonds is 5. The van der Waals surface area contributed by atoms with Gasteiger partial charge in [-0.15, -0.1) is 0 Å². The Hall–Kier alpha value is -6.23. The smallest absolute Gasteiger partial charge is 0.344 e. The third kappa shape index (κ3) is 6.19. The highest BCUT2D eigenvalue weighted by atomic mass is 16.6. The van der Waals surface area contributed by atoms with E-state index >= 15 is 0 Å². The van der Waals surface area contributed by atoms with E-state index in [0.29, 0.717) is 45.6 Å². The predicted molar refractivity (Wildman–Crippen MR) is 172 cm³/mol. The molecule has 0 atom stereocenters. The number of hydrogen-bond donors (Lipinski definition) is 2. The molecule has 11 heteroatoms. The third-order valence-corrected chi connectivity index (χ3v) is 8.24. The fraction of sp³-hybridized carbons (Fsp3) is 0.139. The molecule has 0 aliphatic heterocycles. The van der Waals surface area contributed by atoms with E-state index in [1.54, 1.807) is 49.6 Å². The van der Waals surface area contributed by atoms with Crippen LogP contribution in [0.3, 0.4) is 0 Å². The SMILES string of the molecule is COc1c2cccc1Cc1cccc(c1OC(=O)c1cc([N+](=O)[O-])cc([N+](=O)[O-])c1)Cc1cccc(c1O)Cc1cccc(c1O)C2. The van der Waals surface area contributed by atoms with E-state index in [1.165, 1.54) is 0 Å². The van der Waals surface area contributed by atoms with Gasteiger partial charge in [0.05, 0.1) is 28.6 Å². The average molecular weight is 633 g/mol. The second kappa shape index (κ2) is 12.6. The Balaban J connectivity index is 1.52. The highest BCUT2D eigenvalue weighted by Crippen LogP contribution is 2.38. The molecule has 0 heterocycles. The molecule has 1 aliphatic rings. The maximum absolute atomic E-state index is 13.6. The van der Waals surface area contributed by atoms with Crippen molar-refractivity contribution in [2.75, 3.05) is 7.11 Å². The lowest BCUT2D eigenvalue weighted by Gasteiger charge is -2.19. The number of non-ortho nitro benzene ring substituents is 2. The maximum Gasteiger partial charge on any atom is 0.344 e. The topological polar surface area (TPSA) is 162 Å². The van der Waals surface area contributed by atoms with Crippen LogP contribution < -0.4 is 9.47 Å². The van der Waals surface area contributed by atoms with Crippen LogP contribution in [-0.4, -0.2) is 33.1 Å². The van der Waals surface area contributed by atoms with Crippen LogP contribution in [0.15, 0.2) is 91.0 Å². The summed E-state index contributed by atoms with van der Waals surface area (Å²) in [5, 5.41) is 45.6. The van der Waals surface area contributed by atoms with Crippen molar-refractivity contribution in [3.63, 3.8) is 0 Å². The molecule has 5 aromatic carbocycles. The molecular weight excluding hydrogens is 604 g/mol. The van der Waals surface area contributed by atoms with Crippen LogP contribution in [0.25, 0.3) is 0 Å². The molecule has 8 bridgehead atoms. The van der Waals surface area contributed by atoms with Crippen LogP contribution in [0.2, 0.25) is 0 Å². The van der Waals surface area contributed by atoms with Crippen molar-refractivity contribution in [3.05, 3.63) is 161 Å². The molecule has 5 aromatic rings. The molecule has 0 saturated carbocycles. The monoisotopic (exact) mass is 632 g/mol. The fourth-order valence-electron chi connectivity index (χ4n) is 5.98. The summed E-state index contributed by atoms with van der Waals surface area (Å²) in [4.78, 5) is 34.9. The average Bonchev–Trinajstić information content (AvgIpc) is 3.05. The Morgan fingerprint density at radius 1 is 0.596 bits per heavy atom.